The van der Waals surface area contributed by atoms with Gasteiger partial charge in [-0.3, -0.25) is 4.79 Å². The first-order valence-electron chi connectivity index (χ1n) is 14.2. The zero-order valence-electron chi connectivity index (χ0n) is 22.9. The molecular weight excluding hydrogens is 456 g/mol. The van der Waals surface area contributed by atoms with Crippen molar-refractivity contribution in [1.29, 1.82) is 0 Å². The molecule has 5 aliphatic carbocycles. The van der Waals surface area contributed by atoms with Crippen LogP contribution in [0.15, 0.2) is 12.2 Å². The largest absolute Gasteiger partial charge is 0.393 e. The lowest BCUT2D eigenvalue weighted by atomic mass is 9.41. The number of aliphatic hydroxyl groups excluding tert-OH is 2. The number of ketones is 1. The molecule has 6 heteroatoms. The fourth-order valence-electron chi connectivity index (χ4n) is 12.0. The lowest BCUT2D eigenvalue weighted by molar-refractivity contribution is -0.283. The molecule has 2 bridgehead atoms. The Labute approximate surface area is 214 Å². The lowest BCUT2D eigenvalue weighted by Gasteiger charge is -2.63. The van der Waals surface area contributed by atoms with Crippen LogP contribution < -0.4 is 0 Å². The van der Waals surface area contributed by atoms with Crippen molar-refractivity contribution in [3.8, 4) is 0 Å². The number of rotatable bonds is 1. The Hall–Kier alpha value is -0.790. The number of aliphatic hydroxyl groups is 3. The first-order valence-corrected chi connectivity index (χ1v) is 14.2. The molecule has 6 nitrogen and oxygen atoms in total. The number of ether oxygens (including phenoxy) is 2. The molecule has 3 N–H and O–H groups in total. The predicted molar refractivity (Wildman–Crippen MR) is 133 cm³/mol. The number of fused-ring (bicyclic) bond motifs is 4. The molecule has 200 valence electrons. The van der Waals surface area contributed by atoms with Crippen molar-refractivity contribution < 1.29 is 29.6 Å². The van der Waals surface area contributed by atoms with Gasteiger partial charge < -0.3 is 24.8 Å². The molecule has 0 unspecified atom stereocenters. The molecule has 0 aromatic carbocycles. The van der Waals surface area contributed by atoms with Crippen LogP contribution in [-0.2, 0) is 14.3 Å². The van der Waals surface area contributed by atoms with E-state index in [1.54, 1.807) is 13.8 Å². The maximum absolute atomic E-state index is 12.9. The van der Waals surface area contributed by atoms with E-state index in [1.807, 2.05) is 6.08 Å². The topological polar surface area (TPSA) is 96.2 Å². The molecule has 0 amide bonds. The van der Waals surface area contributed by atoms with E-state index in [4.69, 9.17) is 9.47 Å². The number of hydrogen-bond donors (Lipinski definition) is 3. The molecule has 6 fully saturated rings. The summed E-state index contributed by atoms with van der Waals surface area (Å²) >= 11 is 0. The van der Waals surface area contributed by atoms with Gasteiger partial charge in [0.25, 0.3) is 0 Å². The Balaban J connectivity index is 1.38. The lowest BCUT2D eigenvalue weighted by Crippen LogP contribution is -2.63. The molecule has 3 spiro atoms. The third-order valence-corrected chi connectivity index (χ3v) is 13.5. The molecule has 36 heavy (non-hydrogen) atoms. The summed E-state index contributed by atoms with van der Waals surface area (Å²) in [7, 11) is 0. The van der Waals surface area contributed by atoms with Gasteiger partial charge in [-0.05, 0) is 80.6 Å². The van der Waals surface area contributed by atoms with Crippen LogP contribution in [0.5, 0.6) is 0 Å². The zero-order chi connectivity index (χ0) is 26.1. The van der Waals surface area contributed by atoms with E-state index in [0.717, 1.165) is 25.7 Å². The van der Waals surface area contributed by atoms with E-state index in [1.165, 1.54) is 0 Å². The van der Waals surface area contributed by atoms with Crippen molar-refractivity contribution >= 4 is 5.78 Å². The van der Waals surface area contributed by atoms with Crippen LogP contribution in [0.2, 0.25) is 0 Å². The normalized spacial score (nSPS) is 62.1. The highest BCUT2D eigenvalue weighted by Gasteiger charge is 2.89. The van der Waals surface area contributed by atoms with Crippen LogP contribution in [0.4, 0.5) is 0 Å². The van der Waals surface area contributed by atoms with Gasteiger partial charge in [0, 0.05) is 22.2 Å². The third-order valence-electron chi connectivity index (χ3n) is 13.5. The summed E-state index contributed by atoms with van der Waals surface area (Å²) in [6.07, 6.45) is 5.97. The first kappa shape index (κ1) is 24.3. The summed E-state index contributed by atoms with van der Waals surface area (Å²) in [6, 6.07) is 0. The van der Waals surface area contributed by atoms with Crippen LogP contribution >= 0.6 is 0 Å². The van der Waals surface area contributed by atoms with E-state index in [-0.39, 0.29) is 46.4 Å². The summed E-state index contributed by atoms with van der Waals surface area (Å²) in [5, 5.41) is 35.6. The predicted octanol–water partition coefficient (Wildman–Crippen LogP) is 3.61. The van der Waals surface area contributed by atoms with Gasteiger partial charge in [-0.25, -0.2) is 0 Å². The Morgan fingerprint density at radius 3 is 2.36 bits per heavy atom. The minimum absolute atomic E-state index is 0.0923. The third kappa shape index (κ3) is 2.20. The van der Waals surface area contributed by atoms with Gasteiger partial charge in [0.1, 0.15) is 12.2 Å². The summed E-state index contributed by atoms with van der Waals surface area (Å²) in [5.74, 6) is -0.552. The van der Waals surface area contributed by atoms with E-state index in [0.29, 0.717) is 6.42 Å². The average molecular weight is 501 g/mol. The molecular formula is C30H44O6. The summed E-state index contributed by atoms with van der Waals surface area (Å²) in [6.45, 7) is 14.3. The summed E-state index contributed by atoms with van der Waals surface area (Å²) < 4.78 is 13.4. The second-order valence-electron chi connectivity index (χ2n) is 15.4. The molecule has 0 aromatic rings. The van der Waals surface area contributed by atoms with E-state index >= 15 is 0 Å². The van der Waals surface area contributed by atoms with Crippen LogP contribution in [0.3, 0.4) is 0 Å². The molecule has 0 radical (unpaired) electrons. The van der Waals surface area contributed by atoms with Crippen molar-refractivity contribution in [2.24, 2.45) is 50.7 Å². The second-order valence-corrected chi connectivity index (χ2v) is 15.4. The highest BCUT2D eigenvalue weighted by molar-refractivity contribution is 5.96. The average Bonchev–Trinajstić information content (AvgIpc) is 3.27. The van der Waals surface area contributed by atoms with Crippen molar-refractivity contribution in [2.75, 3.05) is 0 Å². The molecule has 7 rings (SSSR count). The molecule has 7 aliphatic rings. The van der Waals surface area contributed by atoms with E-state index < -0.39 is 45.9 Å². The smallest absolute Gasteiger partial charge is 0.199 e. The van der Waals surface area contributed by atoms with Gasteiger partial charge in [0.2, 0.25) is 0 Å². The quantitative estimate of drug-likeness (QED) is 0.509. The van der Waals surface area contributed by atoms with Crippen LogP contribution in [-0.4, -0.2) is 56.9 Å². The number of hydrogen-bond acceptors (Lipinski definition) is 6. The Morgan fingerprint density at radius 1 is 1.03 bits per heavy atom. The van der Waals surface area contributed by atoms with Crippen LogP contribution in [0.25, 0.3) is 0 Å². The van der Waals surface area contributed by atoms with Gasteiger partial charge in [0.05, 0.1) is 17.8 Å². The van der Waals surface area contributed by atoms with Crippen LogP contribution in [0.1, 0.15) is 80.6 Å². The maximum atomic E-state index is 12.9. The van der Waals surface area contributed by atoms with E-state index in [2.05, 4.69) is 40.7 Å². The van der Waals surface area contributed by atoms with Gasteiger partial charge >= 0.3 is 0 Å². The first-order chi connectivity index (χ1) is 16.5. The Kier molecular flexibility index (Phi) is 4.27. The fraction of sp³-hybridized carbons (Fsp3) is 0.900. The van der Waals surface area contributed by atoms with Gasteiger partial charge in [-0.1, -0.05) is 40.7 Å². The van der Waals surface area contributed by atoms with Crippen molar-refractivity contribution in [2.45, 2.75) is 116 Å². The molecule has 2 heterocycles. The van der Waals surface area contributed by atoms with Gasteiger partial charge in [0.15, 0.2) is 11.6 Å². The number of allylic oxidation sites excluding steroid dienone is 2. The van der Waals surface area contributed by atoms with Crippen molar-refractivity contribution in [3.05, 3.63) is 12.2 Å². The Bertz CT molecular complexity index is 1080. The zero-order valence-corrected chi connectivity index (χ0v) is 22.9. The molecule has 0 aromatic heterocycles. The van der Waals surface area contributed by atoms with Crippen LogP contribution in [0, 0.1) is 50.7 Å². The monoisotopic (exact) mass is 500 g/mol. The molecule has 2 aliphatic heterocycles. The Morgan fingerprint density at radius 2 is 1.69 bits per heavy atom. The van der Waals surface area contributed by atoms with Gasteiger partial charge in [-0.2, -0.15) is 0 Å². The highest BCUT2D eigenvalue weighted by atomic mass is 16.8. The van der Waals surface area contributed by atoms with Crippen molar-refractivity contribution in [3.63, 3.8) is 0 Å². The maximum Gasteiger partial charge on any atom is 0.199 e. The number of carbonyl (C=O) groups excluding carboxylic acids is 1. The summed E-state index contributed by atoms with van der Waals surface area (Å²) in [4.78, 5) is 12.9. The molecule has 13 atom stereocenters. The number of carbonyl (C=O) groups is 1. The minimum atomic E-state index is -1.22. The second kappa shape index (κ2) is 6.33. The van der Waals surface area contributed by atoms with Gasteiger partial charge in [-0.15, -0.1) is 0 Å². The SMILES string of the molecule is C[C@@H]1C[C@H]2O[C@@]3(O[C@@H]2C(C)(C)O)[C@H](O)[C@@]2(C)[C@@H]4CC[C@H]5C(C)(C)C(=O)C=C[C@@]56C[C@@]46C[C@H](O)[C@]2(C)[C@@H]13. The minimum Gasteiger partial charge on any atom is -0.393 e. The van der Waals surface area contributed by atoms with E-state index in [9.17, 15) is 20.1 Å². The fourth-order valence-corrected chi connectivity index (χ4v) is 12.0. The standard InChI is InChI=1S/C30H44O6/c1-15-12-16-22(25(4,5)34)36-30(35-16)21(15)27(7)20(32)13-29-14-28(29)11-10-19(31)24(2,3)17(28)8-9-18(29)26(27,6)23(30)33/h10-11,15-18,20-23,32-34H,8-9,12-14H2,1-7H3/t15-,16-,17+,18+,20+,21-,22+,23-,26-,27-,28-,29+,30+/m1/s1. The molecule has 2 saturated heterocycles. The highest BCUT2D eigenvalue weighted by Crippen LogP contribution is 2.89. The van der Waals surface area contributed by atoms with Crippen molar-refractivity contribution in [1.82, 2.24) is 0 Å². The summed E-state index contributed by atoms with van der Waals surface area (Å²) in [5.41, 5.74) is -2.94. The molecule has 4 saturated carbocycles.